The van der Waals surface area contributed by atoms with Gasteiger partial charge in [-0.15, -0.1) is 0 Å². The van der Waals surface area contributed by atoms with Gasteiger partial charge >= 0.3 is 0 Å². The van der Waals surface area contributed by atoms with E-state index >= 15 is 0 Å². The Morgan fingerprint density at radius 1 is 1.10 bits per heavy atom. The van der Waals surface area contributed by atoms with Crippen LogP contribution < -0.4 is 5.32 Å². The van der Waals surface area contributed by atoms with Gasteiger partial charge in [0.25, 0.3) is 5.69 Å². The first-order valence-corrected chi connectivity index (χ1v) is 11.3. The first-order chi connectivity index (χ1) is 14.8. The fourth-order valence-electron chi connectivity index (χ4n) is 3.27. The average Bonchev–Trinajstić information content (AvgIpc) is 2.78. The number of anilines is 1. The molecule has 1 amide bonds. The fraction of sp³-hybridized carbons (Fsp3) is 0.286. The molecule has 2 aromatic rings. The summed E-state index contributed by atoms with van der Waals surface area (Å²) in [6.45, 7) is 3.09. The number of hydrogen-bond donors (Lipinski definition) is 1. The summed E-state index contributed by atoms with van der Waals surface area (Å²) in [4.78, 5) is 24.8. The highest BCUT2D eigenvalue weighted by Gasteiger charge is 2.29. The van der Waals surface area contributed by atoms with Crippen LogP contribution in [0.1, 0.15) is 12.5 Å². The summed E-state index contributed by atoms with van der Waals surface area (Å²) < 4.78 is 26.6. The topological polar surface area (TPSA) is 113 Å². The number of carbonyl (C=O) groups excluding carboxylic acids is 1. The van der Waals surface area contributed by atoms with E-state index in [1.165, 1.54) is 27.9 Å². The van der Waals surface area contributed by atoms with E-state index in [0.717, 1.165) is 5.56 Å². The third-order valence-electron chi connectivity index (χ3n) is 5.12. The first-order valence-electron chi connectivity index (χ1n) is 9.79. The van der Waals surface area contributed by atoms with Crippen molar-refractivity contribution in [2.24, 2.45) is 0 Å². The van der Waals surface area contributed by atoms with Crippen LogP contribution in [0.3, 0.4) is 0 Å². The zero-order valence-corrected chi connectivity index (χ0v) is 17.9. The number of non-ortho nitro benzene ring substituents is 1. The standard InChI is InChI=1S/C21H24N4O5S/c1-17(21(26)22-19-8-5-9-20(16-19)25(27)28)23-11-13-24(14-12-23)31(29,30)15-10-18-6-3-2-4-7-18/h2-10,15-17H,11-14H2,1H3,(H,22,26)/b15-10+/t17-/m1/s1. The molecule has 164 valence electrons. The van der Waals surface area contributed by atoms with Gasteiger partial charge in [0.15, 0.2) is 0 Å². The van der Waals surface area contributed by atoms with Crippen LogP contribution in [0.5, 0.6) is 0 Å². The Morgan fingerprint density at radius 2 is 1.77 bits per heavy atom. The number of nitro benzene ring substituents is 1. The molecule has 1 fully saturated rings. The molecule has 0 radical (unpaired) electrons. The van der Waals surface area contributed by atoms with Crippen molar-refractivity contribution in [3.63, 3.8) is 0 Å². The smallest absolute Gasteiger partial charge is 0.271 e. The van der Waals surface area contributed by atoms with Crippen LogP contribution >= 0.6 is 0 Å². The lowest BCUT2D eigenvalue weighted by atomic mass is 10.2. The maximum Gasteiger partial charge on any atom is 0.271 e. The van der Waals surface area contributed by atoms with Gasteiger partial charge < -0.3 is 5.32 Å². The average molecular weight is 445 g/mol. The number of rotatable bonds is 7. The largest absolute Gasteiger partial charge is 0.324 e. The first kappa shape index (κ1) is 22.6. The molecular weight excluding hydrogens is 420 g/mol. The molecule has 3 rings (SSSR count). The number of nitrogens with zero attached hydrogens (tertiary/aromatic N) is 3. The molecule has 2 aromatic carbocycles. The number of nitrogens with one attached hydrogen (secondary N) is 1. The highest BCUT2D eigenvalue weighted by Crippen LogP contribution is 2.18. The number of piperazine rings is 1. The van der Waals surface area contributed by atoms with Crippen LogP contribution in [0.25, 0.3) is 6.08 Å². The zero-order valence-electron chi connectivity index (χ0n) is 17.0. The molecule has 1 atom stereocenters. The molecule has 0 aliphatic carbocycles. The molecule has 0 spiro atoms. The maximum atomic E-state index is 12.6. The third kappa shape index (κ3) is 5.97. The molecule has 1 heterocycles. The number of benzene rings is 2. The monoisotopic (exact) mass is 444 g/mol. The number of amides is 1. The van der Waals surface area contributed by atoms with Crippen LogP contribution in [-0.2, 0) is 14.8 Å². The van der Waals surface area contributed by atoms with Crippen LogP contribution in [0.2, 0.25) is 0 Å². The molecule has 1 aliphatic rings. The lowest BCUT2D eigenvalue weighted by Crippen LogP contribution is -2.53. The van der Waals surface area contributed by atoms with Gasteiger partial charge in [-0.3, -0.25) is 19.8 Å². The molecule has 10 heteroatoms. The van der Waals surface area contributed by atoms with Crippen molar-refractivity contribution >= 4 is 33.4 Å². The minimum absolute atomic E-state index is 0.104. The Labute approximate surface area is 181 Å². The number of hydrogen-bond acceptors (Lipinski definition) is 6. The Bertz CT molecular complexity index is 1060. The molecule has 0 saturated carbocycles. The molecule has 0 bridgehead atoms. The molecule has 0 unspecified atom stereocenters. The van der Waals surface area contributed by atoms with E-state index in [2.05, 4.69) is 5.32 Å². The Balaban J connectivity index is 1.56. The van der Waals surface area contributed by atoms with Gasteiger partial charge in [0, 0.05) is 49.4 Å². The normalized spacial score (nSPS) is 16.8. The Morgan fingerprint density at radius 3 is 2.42 bits per heavy atom. The van der Waals surface area contributed by atoms with Gasteiger partial charge in [-0.1, -0.05) is 36.4 Å². The van der Waals surface area contributed by atoms with Crippen LogP contribution in [0.15, 0.2) is 60.0 Å². The minimum atomic E-state index is -3.55. The van der Waals surface area contributed by atoms with Crippen molar-refractivity contribution in [3.8, 4) is 0 Å². The lowest BCUT2D eigenvalue weighted by Gasteiger charge is -2.36. The van der Waals surface area contributed by atoms with E-state index in [4.69, 9.17) is 0 Å². The van der Waals surface area contributed by atoms with Crippen molar-refractivity contribution in [2.45, 2.75) is 13.0 Å². The van der Waals surface area contributed by atoms with Crippen molar-refractivity contribution in [2.75, 3.05) is 31.5 Å². The van der Waals surface area contributed by atoms with Gasteiger partial charge in [0.1, 0.15) is 0 Å². The predicted molar refractivity (Wildman–Crippen MR) is 119 cm³/mol. The Kier molecular flexibility index (Phi) is 7.16. The molecule has 1 N–H and O–H groups in total. The Hall–Kier alpha value is -3.08. The molecule has 1 saturated heterocycles. The molecule has 1 aliphatic heterocycles. The second-order valence-electron chi connectivity index (χ2n) is 7.17. The van der Waals surface area contributed by atoms with Crippen LogP contribution in [0, 0.1) is 10.1 Å². The van der Waals surface area contributed by atoms with Gasteiger partial charge in [-0.2, -0.15) is 4.31 Å². The van der Waals surface area contributed by atoms with Gasteiger partial charge in [0.2, 0.25) is 15.9 Å². The zero-order chi connectivity index (χ0) is 22.4. The van der Waals surface area contributed by atoms with E-state index in [0.29, 0.717) is 18.8 Å². The number of carbonyl (C=O) groups is 1. The predicted octanol–water partition coefficient (Wildman–Crippen LogP) is 2.54. The minimum Gasteiger partial charge on any atom is -0.324 e. The highest BCUT2D eigenvalue weighted by molar-refractivity contribution is 7.92. The summed E-state index contributed by atoms with van der Waals surface area (Å²) in [7, 11) is -3.55. The summed E-state index contributed by atoms with van der Waals surface area (Å²) in [5, 5.41) is 14.8. The van der Waals surface area contributed by atoms with E-state index in [9.17, 15) is 23.3 Å². The molecule has 9 nitrogen and oxygen atoms in total. The number of sulfonamides is 1. The number of nitro groups is 1. The summed E-state index contributed by atoms with van der Waals surface area (Å²) >= 11 is 0. The summed E-state index contributed by atoms with van der Waals surface area (Å²) in [6, 6.07) is 14.4. The van der Waals surface area contributed by atoms with E-state index in [1.807, 2.05) is 35.2 Å². The van der Waals surface area contributed by atoms with Crippen molar-refractivity contribution in [1.82, 2.24) is 9.21 Å². The van der Waals surface area contributed by atoms with Crippen molar-refractivity contribution in [1.29, 1.82) is 0 Å². The van der Waals surface area contributed by atoms with Gasteiger partial charge in [0.05, 0.1) is 11.0 Å². The lowest BCUT2D eigenvalue weighted by molar-refractivity contribution is -0.384. The van der Waals surface area contributed by atoms with Crippen LogP contribution in [-0.4, -0.2) is 60.7 Å². The quantitative estimate of drug-likeness (QED) is 0.519. The van der Waals surface area contributed by atoms with Crippen molar-refractivity contribution < 1.29 is 18.1 Å². The van der Waals surface area contributed by atoms with Crippen molar-refractivity contribution in [3.05, 3.63) is 75.7 Å². The second-order valence-corrected chi connectivity index (χ2v) is 8.98. The molecule has 31 heavy (non-hydrogen) atoms. The summed E-state index contributed by atoms with van der Waals surface area (Å²) in [5.41, 5.74) is 1.04. The third-order valence-corrected chi connectivity index (χ3v) is 6.68. The fourth-order valence-corrected chi connectivity index (χ4v) is 4.44. The maximum absolute atomic E-state index is 12.6. The van der Waals surface area contributed by atoms with Crippen LogP contribution in [0.4, 0.5) is 11.4 Å². The van der Waals surface area contributed by atoms with Gasteiger partial charge in [-0.25, -0.2) is 8.42 Å². The second kappa shape index (κ2) is 9.82. The van der Waals surface area contributed by atoms with Gasteiger partial charge in [-0.05, 0) is 24.6 Å². The summed E-state index contributed by atoms with van der Waals surface area (Å²) in [5.74, 6) is -0.305. The van der Waals surface area contributed by atoms with E-state index in [1.54, 1.807) is 19.1 Å². The molecule has 0 aromatic heterocycles. The summed E-state index contributed by atoms with van der Waals surface area (Å²) in [6.07, 6.45) is 1.57. The SMILES string of the molecule is C[C@H](C(=O)Nc1cccc([N+](=O)[O-])c1)N1CCN(S(=O)(=O)/C=C/c2ccccc2)CC1. The van der Waals surface area contributed by atoms with E-state index in [-0.39, 0.29) is 24.7 Å². The van der Waals surface area contributed by atoms with E-state index < -0.39 is 21.0 Å². The molecular formula is C21H24N4O5S. The highest BCUT2D eigenvalue weighted by atomic mass is 32.2.